The maximum atomic E-state index is 12.4. The third-order valence-electron chi connectivity index (χ3n) is 3.31. The Bertz CT molecular complexity index is 500. The van der Waals surface area contributed by atoms with E-state index in [0.29, 0.717) is 25.4 Å². The maximum Gasteiger partial charge on any atom is 0.223 e. The Morgan fingerprint density at radius 3 is 1.76 bits per heavy atom. The van der Waals surface area contributed by atoms with E-state index in [2.05, 4.69) is 0 Å². The van der Waals surface area contributed by atoms with E-state index in [4.69, 9.17) is 11.6 Å². The highest BCUT2D eigenvalue weighted by Crippen LogP contribution is 2.12. The fourth-order valence-electron chi connectivity index (χ4n) is 2.22. The number of rotatable bonds is 7. The number of hydrogen-bond acceptors (Lipinski definition) is 1. The number of carbonyl (C=O) groups excluding carboxylic acids is 1. The first-order chi connectivity index (χ1) is 10.3. The van der Waals surface area contributed by atoms with Gasteiger partial charge in [0.25, 0.3) is 0 Å². The zero-order valence-electron chi connectivity index (χ0n) is 12.0. The molecule has 110 valence electrons. The summed E-state index contributed by atoms with van der Waals surface area (Å²) in [6.07, 6.45) is 1.23. The topological polar surface area (TPSA) is 20.3 Å². The van der Waals surface area contributed by atoms with Gasteiger partial charge < -0.3 is 4.90 Å². The highest BCUT2D eigenvalue weighted by molar-refractivity contribution is 6.17. The fraction of sp³-hybridized carbons (Fsp3) is 0.278. The second kappa shape index (κ2) is 8.48. The van der Waals surface area contributed by atoms with Gasteiger partial charge in [0.1, 0.15) is 0 Å². The van der Waals surface area contributed by atoms with Gasteiger partial charge in [0.2, 0.25) is 5.91 Å². The van der Waals surface area contributed by atoms with Crippen LogP contribution in [0.5, 0.6) is 0 Å². The molecular weight excluding hydrogens is 282 g/mol. The molecule has 0 N–H and O–H groups in total. The molecule has 0 saturated carbocycles. The number of carbonyl (C=O) groups is 1. The minimum Gasteiger partial charge on any atom is -0.334 e. The van der Waals surface area contributed by atoms with Crippen molar-refractivity contribution < 1.29 is 4.79 Å². The van der Waals surface area contributed by atoms with E-state index >= 15 is 0 Å². The molecule has 0 unspecified atom stereocenters. The molecule has 1 amide bonds. The van der Waals surface area contributed by atoms with Crippen LogP contribution in [0.1, 0.15) is 24.0 Å². The molecule has 2 rings (SSSR count). The zero-order chi connectivity index (χ0) is 14.9. The first-order valence-corrected chi connectivity index (χ1v) is 7.74. The van der Waals surface area contributed by atoms with Crippen LogP contribution >= 0.6 is 11.6 Å². The van der Waals surface area contributed by atoms with Gasteiger partial charge in [-0.15, -0.1) is 11.6 Å². The third-order valence-corrected chi connectivity index (χ3v) is 3.58. The molecule has 3 heteroatoms. The van der Waals surface area contributed by atoms with Gasteiger partial charge in [-0.1, -0.05) is 60.7 Å². The molecule has 21 heavy (non-hydrogen) atoms. The lowest BCUT2D eigenvalue weighted by Gasteiger charge is -2.23. The number of alkyl halides is 1. The van der Waals surface area contributed by atoms with Crippen LogP contribution in [0.2, 0.25) is 0 Å². The monoisotopic (exact) mass is 301 g/mol. The van der Waals surface area contributed by atoms with Crippen LogP contribution in [0.3, 0.4) is 0 Å². The first kappa shape index (κ1) is 15.6. The van der Waals surface area contributed by atoms with Crippen molar-refractivity contribution in [1.82, 2.24) is 4.90 Å². The predicted octanol–water partition coefficient (Wildman–Crippen LogP) is 4.23. The van der Waals surface area contributed by atoms with E-state index in [-0.39, 0.29) is 5.91 Å². The molecule has 0 aliphatic carbocycles. The summed E-state index contributed by atoms with van der Waals surface area (Å²) in [6, 6.07) is 20.2. The molecule has 0 aliphatic rings. The van der Waals surface area contributed by atoms with Gasteiger partial charge in [-0.05, 0) is 17.5 Å². The van der Waals surface area contributed by atoms with Crippen molar-refractivity contribution in [3.8, 4) is 0 Å². The standard InChI is InChI=1S/C18H20ClNO/c19-13-7-12-18(21)20(14-16-8-3-1-4-9-16)15-17-10-5-2-6-11-17/h1-6,8-11H,7,12-15H2. The summed E-state index contributed by atoms with van der Waals surface area (Å²) in [5.41, 5.74) is 2.29. The molecule has 0 aromatic heterocycles. The smallest absolute Gasteiger partial charge is 0.223 e. The molecule has 2 aromatic rings. The van der Waals surface area contributed by atoms with Gasteiger partial charge in [-0.25, -0.2) is 0 Å². The van der Waals surface area contributed by atoms with E-state index in [0.717, 1.165) is 17.5 Å². The van der Waals surface area contributed by atoms with Crippen LogP contribution in [0, 0.1) is 0 Å². The van der Waals surface area contributed by atoms with Gasteiger partial charge >= 0.3 is 0 Å². The summed E-state index contributed by atoms with van der Waals surface area (Å²) >= 11 is 5.70. The van der Waals surface area contributed by atoms with Gasteiger partial charge in [-0.3, -0.25) is 4.79 Å². The fourth-order valence-corrected chi connectivity index (χ4v) is 2.35. The van der Waals surface area contributed by atoms with Crippen LogP contribution in [0.4, 0.5) is 0 Å². The number of nitrogens with zero attached hydrogens (tertiary/aromatic N) is 1. The van der Waals surface area contributed by atoms with E-state index in [9.17, 15) is 4.79 Å². The molecule has 0 radical (unpaired) electrons. The first-order valence-electron chi connectivity index (χ1n) is 7.21. The minimum atomic E-state index is 0.156. The molecule has 2 aromatic carbocycles. The SMILES string of the molecule is O=C(CCCCl)N(Cc1ccccc1)Cc1ccccc1. The molecule has 0 saturated heterocycles. The van der Waals surface area contributed by atoms with Gasteiger partial charge in [-0.2, -0.15) is 0 Å². The molecular formula is C18H20ClNO. The van der Waals surface area contributed by atoms with E-state index in [1.54, 1.807) is 0 Å². The summed E-state index contributed by atoms with van der Waals surface area (Å²) in [7, 11) is 0. The predicted molar refractivity (Wildman–Crippen MR) is 87.1 cm³/mol. The highest BCUT2D eigenvalue weighted by atomic mass is 35.5. The van der Waals surface area contributed by atoms with Crippen LogP contribution in [0.25, 0.3) is 0 Å². The van der Waals surface area contributed by atoms with E-state index in [1.807, 2.05) is 65.6 Å². The maximum absolute atomic E-state index is 12.4. The largest absolute Gasteiger partial charge is 0.334 e. The van der Waals surface area contributed by atoms with Crippen LogP contribution < -0.4 is 0 Å². The summed E-state index contributed by atoms with van der Waals surface area (Å²) in [6.45, 7) is 1.27. The molecule has 0 atom stereocenters. The van der Waals surface area contributed by atoms with Crippen molar-refractivity contribution in [2.24, 2.45) is 0 Å². The second-order valence-electron chi connectivity index (χ2n) is 5.01. The zero-order valence-corrected chi connectivity index (χ0v) is 12.8. The highest BCUT2D eigenvalue weighted by Gasteiger charge is 2.14. The van der Waals surface area contributed by atoms with Crippen molar-refractivity contribution in [2.75, 3.05) is 5.88 Å². The lowest BCUT2D eigenvalue weighted by Crippen LogP contribution is -2.30. The number of benzene rings is 2. The quantitative estimate of drug-likeness (QED) is 0.701. The van der Waals surface area contributed by atoms with Gasteiger partial charge in [0.15, 0.2) is 0 Å². The number of amides is 1. The average Bonchev–Trinajstić information content (AvgIpc) is 2.54. The normalized spacial score (nSPS) is 10.3. The molecule has 0 aliphatic heterocycles. The Hall–Kier alpha value is -1.80. The average molecular weight is 302 g/mol. The Balaban J connectivity index is 2.08. The molecule has 2 nitrogen and oxygen atoms in total. The Morgan fingerprint density at radius 2 is 1.33 bits per heavy atom. The molecule has 0 bridgehead atoms. The summed E-state index contributed by atoms with van der Waals surface area (Å²) in [4.78, 5) is 14.3. The van der Waals surface area contributed by atoms with Crippen molar-refractivity contribution in [1.29, 1.82) is 0 Å². The van der Waals surface area contributed by atoms with Gasteiger partial charge in [0, 0.05) is 25.4 Å². The Labute approximate surface area is 131 Å². The van der Waals surface area contributed by atoms with Crippen molar-refractivity contribution in [3.63, 3.8) is 0 Å². The molecule has 0 fully saturated rings. The second-order valence-corrected chi connectivity index (χ2v) is 5.39. The summed E-state index contributed by atoms with van der Waals surface area (Å²) < 4.78 is 0. The van der Waals surface area contributed by atoms with E-state index < -0.39 is 0 Å². The van der Waals surface area contributed by atoms with Crippen molar-refractivity contribution in [3.05, 3.63) is 71.8 Å². The third kappa shape index (κ3) is 5.24. The lowest BCUT2D eigenvalue weighted by molar-refractivity contribution is -0.132. The summed E-state index contributed by atoms with van der Waals surface area (Å²) in [5, 5.41) is 0. The Morgan fingerprint density at radius 1 is 0.857 bits per heavy atom. The Kier molecular flexibility index (Phi) is 6.29. The number of hydrogen-bond donors (Lipinski definition) is 0. The minimum absolute atomic E-state index is 0.156. The lowest BCUT2D eigenvalue weighted by atomic mass is 10.1. The summed E-state index contributed by atoms with van der Waals surface area (Å²) in [5.74, 6) is 0.680. The van der Waals surface area contributed by atoms with E-state index in [1.165, 1.54) is 0 Å². The van der Waals surface area contributed by atoms with Gasteiger partial charge in [0.05, 0.1) is 0 Å². The molecule has 0 heterocycles. The van der Waals surface area contributed by atoms with Crippen molar-refractivity contribution >= 4 is 17.5 Å². The number of halogens is 1. The molecule has 0 spiro atoms. The van der Waals surface area contributed by atoms with Crippen LogP contribution in [-0.2, 0) is 17.9 Å². The van der Waals surface area contributed by atoms with Crippen molar-refractivity contribution in [2.45, 2.75) is 25.9 Å². The van der Waals surface area contributed by atoms with Crippen LogP contribution in [0.15, 0.2) is 60.7 Å². The van der Waals surface area contributed by atoms with Crippen LogP contribution in [-0.4, -0.2) is 16.7 Å².